The largest absolute Gasteiger partial charge is 0.263 e. The molecule has 1 aromatic rings. The lowest BCUT2D eigenvalue weighted by Crippen LogP contribution is -2.24. The minimum absolute atomic E-state index is 0.0135. The van der Waals surface area contributed by atoms with Crippen molar-refractivity contribution < 1.29 is 16.8 Å². The van der Waals surface area contributed by atoms with Crippen LogP contribution in [0.4, 0.5) is 0 Å². The molecule has 1 saturated heterocycles. The summed E-state index contributed by atoms with van der Waals surface area (Å²) in [5, 5.41) is 0. The van der Waals surface area contributed by atoms with E-state index in [0.717, 1.165) is 0 Å². The molecule has 2 aliphatic rings. The number of sulfonamides is 1. The van der Waals surface area contributed by atoms with Gasteiger partial charge in [-0.1, -0.05) is 12.1 Å². The van der Waals surface area contributed by atoms with E-state index in [1.165, 1.54) is 6.07 Å². The third-order valence-electron chi connectivity index (χ3n) is 3.18. The first kappa shape index (κ1) is 12.6. The van der Waals surface area contributed by atoms with Gasteiger partial charge >= 0.3 is 0 Å². The average Bonchev–Trinajstić information content (AvgIpc) is 2.79. The second-order valence-electron chi connectivity index (χ2n) is 4.64. The molecule has 1 N–H and O–H groups in total. The molecule has 0 saturated carbocycles. The summed E-state index contributed by atoms with van der Waals surface area (Å²) >= 11 is 0. The van der Waals surface area contributed by atoms with Crippen LogP contribution in [-0.4, -0.2) is 40.2 Å². The van der Waals surface area contributed by atoms with Crippen molar-refractivity contribution >= 4 is 25.7 Å². The monoisotopic (exact) mass is 300 g/mol. The Labute approximate surface area is 111 Å². The fourth-order valence-electron chi connectivity index (χ4n) is 2.29. The number of benzene rings is 1. The summed E-state index contributed by atoms with van der Waals surface area (Å²) in [6.07, 6.45) is 0.440. The van der Waals surface area contributed by atoms with Gasteiger partial charge in [0.25, 0.3) is 10.0 Å². The van der Waals surface area contributed by atoms with E-state index in [2.05, 4.69) is 9.71 Å². The van der Waals surface area contributed by atoms with Crippen LogP contribution in [0.5, 0.6) is 0 Å². The Bertz CT molecular complexity index is 766. The van der Waals surface area contributed by atoms with Gasteiger partial charge in [0, 0.05) is 5.56 Å². The summed E-state index contributed by atoms with van der Waals surface area (Å²) in [7, 11) is -6.58. The van der Waals surface area contributed by atoms with Crippen molar-refractivity contribution in [2.45, 2.75) is 17.4 Å². The highest BCUT2D eigenvalue weighted by atomic mass is 32.2. The Kier molecular flexibility index (Phi) is 2.68. The van der Waals surface area contributed by atoms with Gasteiger partial charge in [-0.25, -0.2) is 16.8 Å². The van der Waals surface area contributed by atoms with Gasteiger partial charge in [-0.3, -0.25) is 9.71 Å². The van der Waals surface area contributed by atoms with E-state index in [1.54, 1.807) is 18.2 Å². The number of sulfone groups is 1. The van der Waals surface area contributed by atoms with Gasteiger partial charge in [-0.15, -0.1) is 0 Å². The van der Waals surface area contributed by atoms with Crippen LogP contribution in [0.2, 0.25) is 0 Å². The molecular weight excluding hydrogens is 288 g/mol. The van der Waals surface area contributed by atoms with E-state index in [0.29, 0.717) is 12.0 Å². The molecule has 8 heteroatoms. The highest BCUT2D eigenvalue weighted by molar-refractivity contribution is 7.91. The minimum atomic E-state index is -3.56. The van der Waals surface area contributed by atoms with Crippen LogP contribution >= 0.6 is 0 Å². The molecule has 102 valence electrons. The van der Waals surface area contributed by atoms with Crippen molar-refractivity contribution in [3.63, 3.8) is 0 Å². The molecule has 0 aromatic heterocycles. The molecule has 2 aliphatic heterocycles. The molecule has 0 aliphatic carbocycles. The summed E-state index contributed by atoms with van der Waals surface area (Å²) in [5.74, 6) is 0.348. The van der Waals surface area contributed by atoms with E-state index >= 15 is 0 Å². The van der Waals surface area contributed by atoms with E-state index in [1.807, 2.05) is 0 Å². The Morgan fingerprint density at radius 1 is 1.16 bits per heavy atom. The van der Waals surface area contributed by atoms with Crippen LogP contribution in [0, 0.1) is 0 Å². The van der Waals surface area contributed by atoms with Gasteiger partial charge < -0.3 is 0 Å². The molecule has 1 unspecified atom stereocenters. The smallest absolute Gasteiger partial charge is 0.263 e. The summed E-state index contributed by atoms with van der Waals surface area (Å²) in [4.78, 5) is 4.44. The standard InChI is InChI=1S/C11H12N2O4S2/c14-18(15)6-5-8(7-18)12-11-9-3-1-2-4-10(9)19(16,17)13-11/h1-4,8H,5-7H2,(H,12,13). The van der Waals surface area contributed by atoms with Crippen LogP contribution in [0.25, 0.3) is 0 Å². The van der Waals surface area contributed by atoms with Gasteiger partial charge in [0.1, 0.15) is 5.84 Å². The van der Waals surface area contributed by atoms with Crippen LogP contribution in [-0.2, 0) is 19.9 Å². The maximum Gasteiger partial charge on any atom is 0.263 e. The van der Waals surface area contributed by atoms with Gasteiger partial charge in [0.15, 0.2) is 9.84 Å². The van der Waals surface area contributed by atoms with E-state index in [9.17, 15) is 16.8 Å². The Balaban J connectivity index is 2.01. The number of hydrogen-bond donors (Lipinski definition) is 1. The summed E-state index contributed by atoms with van der Waals surface area (Å²) in [5.41, 5.74) is 0.506. The number of amidine groups is 1. The third-order valence-corrected chi connectivity index (χ3v) is 6.33. The molecule has 0 amide bonds. The number of rotatable bonds is 1. The van der Waals surface area contributed by atoms with E-state index in [4.69, 9.17) is 0 Å². The zero-order chi connectivity index (χ0) is 13.7. The molecule has 2 heterocycles. The van der Waals surface area contributed by atoms with Crippen molar-refractivity contribution in [2.24, 2.45) is 4.99 Å². The predicted octanol–water partition coefficient (Wildman–Crippen LogP) is -0.0878. The minimum Gasteiger partial charge on any atom is -0.263 e. The zero-order valence-corrected chi connectivity index (χ0v) is 11.5. The number of fused-ring (bicyclic) bond motifs is 1. The lowest BCUT2D eigenvalue weighted by molar-refractivity contribution is 0.594. The quantitative estimate of drug-likeness (QED) is 0.784. The Morgan fingerprint density at radius 3 is 2.58 bits per heavy atom. The second kappa shape index (κ2) is 4.04. The topological polar surface area (TPSA) is 92.7 Å². The SMILES string of the molecule is O=S1(=O)CCC(N=C2NS(=O)(=O)c3ccccc32)C1. The first-order valence-corrected chi connectivity index (χ1v) is 9.08. The van der Waals surface area contributed by atoms with E-state index in [-0.39, 0.29) is 28.3 Å². The molecule has 19 heavy (non-hydrogen) atoms. The van der Waals surface area contributed by atoms with Crippen molar-refractivity contribution in [3.8, 4) is 0 Å². The lowest BCUT2D eigenvalue weighted by Gasteiger charge is -2.03. The lowest BCUT2D eigenvalue weighted by atomic mass is 10.2. The zero-order valence-electron chi connectivity index (χ0n) is 9.90. The third kappa shape index (κ3) is 2.25. The summed E-state index contributed by atoms with van der Waals surface area (Å²) in [6, 6.07) is 6.16. The highest BCUT2D eigenvalue weighted by Crippen LogP contribution is 2.24. The van der Waals surface area contributed by atoms with Crippen LogP contribution in [0.3, 0.4) is 0 Å². The van der Waals surface area contributed by atoms with Gasteiger partial charge in [-0.2, -0.15) is 0 Å². The predicted molar refractivity (Wildman–Crippen MR) is 70.4 cm³/mol. The molecule has 1 atom stereocenters. The van der Waals surface area contributed by atoms with Crippen molar-refractivity contribution in [1.82, 2.24) is 4.72 Å². The molecule has 1 fully saturated rings. The second-order valence-corrected chi connectivity index (χ2v) is 8.52. The fraction of sp³-hybridized carbons (Fsp3) is 0.364. The molecule has 0 radical (unpaired) electrons. The van der Waals surface area contributed by atoms with Crippen molar-refractivity contribution in [1.29, 1.82) is 0 Å². The van der Waals surface area contributed by atoms with Crippen molar-refractivity contribution in [3.05, 3.63) is 29.8 Å². The van der Waals surface area contributed by atoms with Crippen LogP contribution in [0.1, 0.15) is 12.0 Å². The fourth-order valence-corrected chi connectivity index (χ4v) is 5.15. The Morgan fingerprint density at radius 2 is 1.89 bits per heavy atom. The molecule has 6 nitrogen and oxygen atoms in total. The molecule has 1 aromatic carbocycles. The van der Waals surface area contributed by atoms with Crippen LogP contribution in [0.15, 0.2) is 34.2 Å². The molecule has 3 rings (SSSR count). The summed E-state index contributed by atoms with van der Waals surface area (Å²) < 4.78 is 48.8. The molecular formula is C11H12N2O4S2. The molecule has 0 spiro atoms. The number of aliphatic imine (C=N–C) groups is 1. The maximum absolute atomic E-state index is 11.9. The van der Waals surface area contributed by atoms with Crippen molar-refractivity contribution in [2.75, 3.05) is 11.5 Å². The van der Waals surface area contributed by atoms with Gasteiger partial charge in [0.2, 0.25) is 0 Å². The first-order chi connectivity index (χ1) is 8.87. The first-order valence-electron chi connectivity index (χ1n) is 5.78. The van der Waals surface area contributed by atoms with Gasteiger partial charge in [-0.05, 0) is 18.6 Å². The Hall–Kier alpha value is -1.41. The number of nitrogens with zero attached hydrogens (tertiary/aromatic N) is 1. The maximum atomic E-state index is 11.9. The highest BCUT2D eigenvalue weighted by Gasteiger charge is 2.33. The van der Waals surface area contributed by atoms with Gasteiger partial charge in [0.05, 0.1) is 22.4 Å². The molecule has 0 bridgehead atoms. The average molecular weight is 300 g/mol. The van der Waals surface area contributed by atoms with E-state index < -0.39 is 19.9 Å². The summed E-state index contributed by atoms with van der Waals surface area (Å²) in [6.45, 7) is 0. The number of nitrogens with one attached hydrogen (secondary N) is 1. The normalized spacial score (nSPS) is 29.1. The van der Waals surface area contributed by atoms with Crippen LogP contribution < -0.4 is 4.72 Å². The number of hydrogen-bond acceptors (Lipinski definition) is 5.